The number of benzene rings is 1. The number of fused-ring (bicyclic) bond motifs is 1. The van der Waals surface area contributed by atoms with E-state index < -0.39 is 5.97 Å². The van der Waals surface area contributed by atoms with Crippen LogP contribution >= 0.6 is 15.9 Å². The van der Waals surface area contributed by atoms with Crippen molar-refractivity contribution < 1.29 is 9.90 Å². The van der Waals surface area contributed by atoms with E-state index in [1.165, 1.54) is 0 Å². The Bertz CT molecular complexity index is 902. The molecule has 110 valence electrons. The Morgan fingerprint density at radius 3 is 2.73 bits per heavy atom. The van der Waals surface area contributed by atoms with Gasteiger partial charge in [-0.25, -0.2) is 9.78 Å². The van der Waals surface area contributed by atoms with E-state index in [2.05, 4.69) is 31.1 Å². The van der Waals surface area contributed by atoms with Crippen molar-refractivity contribution in [3.05, 3.63) is 58.3 Å². The second-order valence-electron chi connectivity index (χ2n) is 4.65. The molecule has 0 spiro atoms. The lowest BCUT2D eigenvalue weighted by atomic mass is 10.2. The van der Waals surface area contributed by atoms with Crippen molar-refractivity contribution >= 4 is 39.1 Å². The van der Waals surface area contributed by atoms with E-state index in [4.69, 9.17) is 0 Å². The van der Waals surface area contributed by atoms with Crippen LogP contribution in [0.15, 0.2) is 57.3 Å². The second-order valence-corrected chi connectivity index (χ2v) is 5.57. The van der Waals surface area contributed by atoms with Gasteiger partial charge in [0.15, 0.2) is 11.5 Å². The molecule has 0 aliphatic carbocycles. The normalized spacial score (nSPS) is 11.4. The largest absolute Gasteiger partial charge is 0.476 e. The minimum atomic E-state index is -1.14. The molecule has 0 radical (unpaired) electrons. The van der Waals surface area contributed by atoms with Gasteiger partial charge < -0.3 is 5.11 Å². The Labute approximate surface area is 134 Å². The van der Waals surface area contributed by atoms with Crippen molar-refractivity contribution in [3.63, 3.8) is 0 Å². The fourth-order valence-electron chi connectivity index (χ4n) is 2.02. The number of hydrogen-bond donors (Lipinski definition) is 1. The molecule has 1 aromatic carbocycles. The number of carbonyl (C=O) groups is 1. The van der Waals surface area contributed by atoms with Gasteiger partial charge in [0.2, 0.25) is 0 Å². The lowest BCUT2D eigenvalue weighted by molar-refractivity contribution is 0.0692. The zero-order valence-corrected chi connectivity index (χ0v) is 13.1. The van der Waals surface area contributed by atoms with Gasteiger partial charge in [0.1, 0.15) is 5.65 Å². The number of hydrogen-bond acceptors (Lipinski definition) is 4. The number of rotatable bonds is 3. The van der Waals surface area contributed by atoms with Crippen molar-refractivity contribution in [2.45, 2.75) is 6.92 Å². The van der Waals surface area contributed by atoms with Gasteiger partial charge in [-0.1, -0.05) is 18.2 Å². The van der Waals surface area contributed by atoms with E-state index in [0.717, 1.165) is 10.0 Å². The molecule has 0 saturated carbocycles. The topological polar surface area (TPSA) is 79.3 Å². The quantitative estimate of drug-likeness (QED) is 0.699. The molecule has 0 aliphatic rings. The minimum Gasteiger partial charge on any atom is -0.476 e. The van der Waals surface area contributed by atoms with Crippen molar-refractivity contribution in [3.8, 4) is 0 Å². The molecule has 1 N–H and O–H groups in total. The summed E-state index contributed by atoms with van der Waals surface area (Å²) in [6.07, 6.45) is 1.71. The second kappa shape index (κ2) is 5.69. The average Bonchev–Trinajstić information content (AvgIpc) is 2.84. The van der Waals surface area contributed by atoms with Crippen LogP contribution in [0.25, 0.3) is 5.65 Å². The molecule has 3 rings (SSSR count). The van der Waals surface area contributed by atoms with Crippen LogP contribution < -0.4 is 0 Å². The Hall–Kier alpha value is -2.54. The maximum absolute atomic E-state index is 11.4. The van der Waals surface area contributed by atoms with Gasteiger partial charge in [-0.3, -0.25) is 4.40 Å². The third-order valence-electron chi connectivity index (χ3n) is 3.13. The number of azo groups is 1. The molecule has 0 fully saturated rings. The number of pyridine rings is 1. The van der Waals surface area contributed by atoms with Gasteiger partial charge in [-0.2, -0.15) is 0 Å². The van der Waals surface area contributed by atoms with E-state index >= 15 is 0 Å². The molecule has 6 nitrogen and oxygen atoms in total. The number of imidazole rings is 1. The molecule has 0 atom stereocenters. The highest BCUT2D eigenvalue weighted by atomic mass is 79.9. The maximum Gasteiger partial charge on any atom is 0.358 e. The number of carboxylic acids is 1. The summed E-state index contributed by atoms with van der Waals surface area (Å²) in [5.74, 6) is -0.953. The Morgan fingerprint density at radius 2 is 2.00 bits per heavy atom. The molecule has 2 heterocycles. The van der Waals surface area contributed by atoms with Crippen molar-refractivity contribution in [2.24, 2.45) is 10.2 Å². The molecule has 0 amide bonds. The standard InChI is InChI=1S/C15H11BrN4O2/c1-9-4-2-3-5-11(9)18-19-14-13(15(21)22)17-12-7-6-10(16)8-20(12)14/h2-8H,1H3,(H,21,22). The monoisotopic (exact) mass is 358 g/mol. The molecular formula is C15H11BrN4O2. The van der Waals surface area contributed by atoms with Gasteiger partial charge in [0.25, 0.3) is 0 Å². The molecule has 0 unspecified atom stereocenters. The van der Waals surface area contributed by atoms with Gasteiger partial charge in [0.05, 0.1) is 5.69 Å². The van der Waals surface area contributed by atoms with Crippen LogP contribution in [-0.4, -0.2) is 20.5 Å². The summed E-state index contributed by atoms with van der Waals surface area (Å²) in [6.45, 7) is 1.91. The van der Waals surface area contributed by atoms with Crippen LogP contribution in [0.4, 0.5) is 11.5 Å². The van der Waals surface area contributed by atoms with E-state index in [-0.39, 0.29) is 11.5 Å². The number of halogens is 1. The fourth-order valence-corrected chi connectivity index (χ4v) is 2.36. The molecule has 2 aromatic heterocycles. The lowest BCUT2D eigenvalue weighted by Gasteiger charge is -1.99. The van der Waals surface area contributed by atoms with Crippen molar-refractivity contribution in [1.82, 2.24) is 9.38 Å². The maximum atomic E-state index is 11.4. The van der Waals surface area contributed by atoms with Crippen LogP contribution in [0.2, 0.25) is 0 Å². The Kier molecular flexibility index (Phi) is 3.72. The van der Waals surface area contributed by atoms with E-state index in [0.29, 0.717) is 11.3 Å². The predicted octanol–water partition coefficient (Wildman–Crippen LogP) is 4.52. The zero-order chi connectivity index (χ0) is 15.7. The first kappa shape index (κ1) is 14.4. The van der Waals surface area contributed by atoms with Crippen LogP contribution in [0.5, 0.6) is 0 Å². The van der Waals surface area contributed by atoms with Crippen molar-refractivity contribution in [1.29, 1.82) is 0 Å². The van der Waals surface area contributed by atoms with Crippen LogP contribution in [0.3, 0.4) is 0 Å². The first-order valence-electron chi connectivity index (χ1n) is 6.44. The Morgan fingerprint density at radius 1 is 1.23 bits per heavy atom. The highest BCUT2D eigenvalue weighted by molar-refractivity contribution is 9.10. The summed E-state index contributed by atoms with van der Waals surface area (Å²) in [5, 5.41) is 17.6. The summed E-state index contributed by atoms with van der Waals surface area (Å²) in [6, 6.07) is 11.0. The molecule has 0 bridgehead atoms. The van der Waals surface area contributed by atoms with Gasteiger partial charge in [-0.05, 0) is 46.6 Å². The highest BCUT2D eigenvalue weighted by Gasteiger charge is 2.18. The first-order valence-corrected chi connectivity index (χ1v) is 7.24. The minimum absolute atomic E-state index is 0.129. The van der Waals surface area contributed by atoms with E-state index in [1.54, 1.807) is 22.7 Å². The number of aryl methyl sites for hydroxylation is 1. The van der Waals surface area contributed by atoms with Gasteiger partial charge in [0, 0.05) is 10.7 Å². The molecule has 22 heavy (non-hydrogen) atoms. The predicted molar refractivity (Wildman–Crippen MR) is 85.2 cm³/mol. The molecular weight excluding hydrogens is 348 g/mol. The lowest BCUT2D eigenvalue weighted by Crippen LogP contribution is -1.96. The molecule has 7 heteroatoms. The summed E-state index contributed by atoms with van der Waals surface area (Å²) in [4.78, 5) is 15.4. The fraction of sp³-hybridized carbons (Fsp3) is 0.0667. The number of nitrogens with zero attached hydrogens (tertiary/aromatic N) is 4. The molecule has 0 saturated heterocycles. The molecule has 3 aromatic rings. The number of aromatic nitrogens is 2. The summed E-state index contributed by atoms with van der Waals surface area (Å²) in [5.41, 5.74) is 2.01. The van der Waals surface area contributed by atoms with Crippen LogP contribution in [-0.2, 0) is 0 Å². The zero-order valence-electron chi connectivity index (χ0n) is 11.6. The molecule has 0 aliphatic heterocycles. The number of carboxylic acid groups (broad SMARTS) is 1. The third kappa shape index (κ3) is 2.62. The SMILES string of the molecule is Cc1ccccc1N=Nc1c(C(=O)O)nc2ccc(Br)cn12. The van der Waals surface area contributed by atoms with Gasteiger partial charge in [-0.15, -0.1) is 10.2 Å². The average molecular weight is 359 g/mol. The number of aromatic carboxylic acids is 1. The highest BCUT2D eigenvalue weighted by Crippen LogP contribution is 2.27. The van der Waals surface area contributed by atoms with Crippen LogP contribution in [0, 0.1) is 6.92 Å². The van der Waals surface area contributed by atoms with E-state index in [1.807, 2.05) is 31.2 Å². The Balaban J connectivity index is 2.16. The summed E-state index contributed by atoms with van der Waals surface area (Å²) < 4.78 is 2.39. The van der Waals surface area contributed by atoms with Gasteiger partial charge >= 0.3 is 5.97 Å². The smallest absolute Gasteiger partial charge is 0.358 e. The van der Waals surface area contributed by atoms with Crippen LogP contribution in [0.1, 0.15) is 16.1 Å². The van der Waals surface area contributed by atoms with E-state index in [9.17, 15) is 9.90 Å². The third-order valence-corrected chi connectivity index (χ3v) is 3.60. The summed E-state index contributed by atoms with van der Waals surface area (Å²) in [7, 11) is 0. The first-order chi connectivity index (χ1) is 10.6. The van der Waals surface area contributed by atoms with Crippen molar-refractivity contribution in [2.75, 3.05) is 0 Å². The summed E-state index contributed by atoms with van der Waals surface area (Å²) >= 11 is 3.35.